The molecule has 0 amide bonds. The third-order valence-electron chi connectivity index (χ3n) is 2.95. The summed E-state index contributed by atoms with van der Waals surface area (Å²) in [6.07, 6.45) is 2.05. The Morgan fingerprint density at radius 1 is 1.65 bits per heavy atom. The number of hydrogen-bond donors (Lipinski definition) is 1. The normalized spacial score (nSPS) is 20.9. The predicted octanol–water partition coefficient (Wildman–Crippen LogP) is 2.27. The molecule has 1 aromatic heterocycles. The zero-order valence-corrected chi connectivity index (χ0v) is 12.8. The van der Waals surface area contributed by atoms with E-state index in [0.717, 1.165) is 24.5 Å². The lowest BCUT2D eigenvalue weighted by Gasteiger charge is -2.16. The molecule has 1 aliphatic heterocycles. The van der Waals surface area contributed by atoms with Crippen molar-refractivity contribution in [3.63, 3.8) is 0 Å². The third-order valence-corrected chi connectivity index (χ3v) is 3.75. The van der Waals surface area contributed by atoms with Gasteiger partial charge in [-0.1, -0.05) is 0 Å². The molecule has 20 heavy (non-hydrogen) atoms. The number of rotatable bonds is 6. The molecule has 0 radical (unpaired) electrons. The summed E-state index contributed by atoms with van der Waals surface area (Å²) in [7, 11) is 1.35. The van der Waals surface area contributed by atoms with Crippen LogP contribution in [0.4, 0.5) is 5.13 Å². The summed E-state index contributed by atoms with van der Waals surface area (Å²) < 4.78 is 15.8. The number of nitrogens with one attached hydrogen (secondary N) is 1. The summed E-state index contributed by atoms with van der Waals surface area (Å²) in [5, 5.41) is 5.61. The molecule has 0 spiro atoms. The number of anilines is 1. The Labute approximate surface area is 122 Å². The van der Waals surface area contributed by atoms with Crippen molar-refractivity contribution >= 4 is 22.4 Å². The van der Waals surface area contributed by atoms with Crippen molar-refractivity contribution in [3.05, 3.63) is 11.1 Å². The summed E-state index contributed by atoms with van der Waals surface area (Å²) in [6.45, 7) is 5.29. The van der Waals surface area contributed by atoms with Gasteiger partial charge < -0.3 is 19.5 Å². The Morgan fingerprint density at radius 3 is 3.10 bits per heavy atom. The van der Waals surface area contributed by atoms with Gasteiger partial charge in [0.1, 0.15) is 0 Å². The molecule has 7 heteroatoms. The van der Waals surface area contributed by atoms with Crippen molar-refractivity contribution in [2.24, 2.45) is 0 Å². The molecular weight excluding hydrogens is 280 g/mol. The van der Waals surface area contributed by atoms with Crippen molar-refractivity contribution in [3.8, 4) is 0 Å². The molecule has 6 nitrogen and oxygen atoms in total. The molecule has 1 aromatic rings. The maximum Gasteiger partial charge on any atom is 0.357 e. The molecule has 1 saturated heterocycles. The molecule has 1 fully saturated rings. The molecule has 1 aliphatic rings. The van der Waals surface area contributed by atoms with E-state index in [1.165, 1.54) is 18.4 Å². The van der Waals surface area contributed by atoms with Crippen LogP contribution in [-0.4, -0.2) is 43.1 Å². The third kappa shape index (κ3) is 4.16. The Kier molecular flexibility index (Phi) is 4.95. The zero-order chi connectivity index (χ0) is 14.6. The molecule has 2 heterocycles. The van der Waals surface area contributed by atoms with E-state index in [-0.39, 0.29) is 6.10 Å². The van der Waals surface area contributed by atoms with Crippen molar-refractivity contribution in [1.82, 2.24) is 4.98 Å². The number of thiazole rings is 1. The van der Waals surface area contributed by atoms with Gasteiger partial charge in [0.2, 0.25) is 0 Å². The fourth-order valence-electron chi connectivity index (χ4n) is 1.98. The van der Waals surface area contributed by atoms with E-state index in [1.54, 1.807) is 5.38 Å². The van der Waals surface area contributed by atoms with Crippen LogP contribution in [0, 0.1) is 0 Å². The lowest BCUT2D eigenvalue weighted by molar-refractivity contribution is -0.138. The molecule has 0 aromatic carbocycles. The largest absolute Gasteiger partial charge is 0.464 e. The van der Waals surface area contributed by atoms with Gasteiger partial charge in [0.05, 0.1) is 19.8 Å². The van der Waals surface area contributed by atoms with E-state index < -0.39 is 11.8 Å². The molecular formula is C13H20N2O4S. The van der Waals surface area contributed by atoms with Crippen molar-refractivity contribution in [2.75, 3.05) is 25.6 Å². The average Bonchev–Trinajstić information content (AvgIpc) is 3.00. The van der Waals surface area contributed by atoms with Gasteiger partial charge in [-0.3, -0.25) is 0 Å². The molecule has 112 valence electrons. The first-order valence-electron chi connectivity index (χ1n) is 6.59. The van der Waals surface area contributed by atoms with Crippen LogP contribution in [0.2, 0.25) is 0 Å². The second-order valence-electron chi connectivity index (χ2n) is 5.05. The van der Waals surface area contributed by atoms with Crippen LogP contribution in [0.1, 0.15) is 37.2 Å². The first-order valence-corrected chi connectivity index (χ1v) is 7.47. The van der Waals surface area contributed by atoms with Crippen LogP contribution >= 0.6 is 11.3 Å². The molecule has 1 unspecified atom stereocenters. The predicted molar refractivity (Wildman–Crippen MR) is 76.1 cm³/mol. The fourth-order valence-corrected chi connectivity index (χ4v) is 2.69. The lowest BCUT2D eigenvalue weighted by Crippen LogP contribution is -2.21. The Hall–Kier alpha value is -1.18. The topological polar surface area (TPSA) is 69.7 Å². The standard InChI is InChI=1S/C13H20N2O4S/c1-13(2)18-7-9(19-13)5-4-6-14-12-15-10(8-20-12)11(16)17-3/h8-9H,4-7H2,1-3H3,(H,14,15). The van der Waals surface area contributed by atoms with Crippen LogP contribution in [0.3, 0.4) is 0 Å². The summed E-state index contributed by atoms with van der Waals surface area (Å²) in [6, 6.07) is 0. The molecule has 1 atom stereocenters. The first kappa shape index (κ1) is 15.2. The van der Waals surface area contributed by atoms with Gasteiger partial charge in [0, 0.05) is 11.9 Å². The van der Waals surface area contributed by atoms with Gasteiger partial charge in [0.25, 0.3) is 0 Å². The van der Waals surface area contributed by atoms with E-state index in [0.29, 0.717) is 12.3 Å². The summed E-state index contributed by atoms with van der Waals surface area (Å²) in [4.78, 5) is 15.4. The summed E-state index contributed by atoms with van der Waals surface area (Å²) in [5.41, 5.74) is 0.342. The van der Waals surface area contributed by atoms with Crippen molar-refractivity contribution in [2.45, 2.75) is 38.6 Å². The summed E-state index contributed by atoms with van der Waals surface area (Å²) in [5.74, 6) is -0.865. The highest BCUT2D eigenvalue weighted by molar-refractivity contribution is 7.13. The van der Waals surface area contributed by atoms with Crippen LogP contribution in [-0.2, 0) is 14.2 Å². The van der Waals surface area contributed by atoms with Crippen molar-refractivity contribution in [1.29, 1.82) is 0 Å². The number of carbonyl (C=O) groups excluding carboxylic acids is 1. The summed E-state index contributed by atoms with van der Waals surface area (Å²) >= 11 is 1.40. The van der Waals surface area contributed by atoms with E-state index in [1.807, 2.05) is 13.8 Å². The Morgan fingerprint density at radius 2 is 2.45 bits per heavy atom. The van der Waals surface area contributed by atoms with Gasteiger partial charge in [-0.15, -0.1) is 11.3 Å². The molecule has 1 N–H and O–H groups in total. The molecule has 0 saturated carbocycles. The number of aromatic nitrogens is 1. The number of esters is 1. The highest BCUT2D eigenvalue weighted by Crippen LogP contribution is 2.24. The van der Waals surface area contributed by atoms with Gasteiger partial charge in [-0.25, -0.2) is 9.78 Å². The van der Waals surface area contributed by atoms with E-state index in [2.05, 4.69) is 15.0 Å². The second-order valence-corrected chi connectivity index (χ2v) is 5.91. The first-order chi connectivity index (χ1) is 9.50. The van der Waals surface area contributed by atoms with E-state index in [4.69, 9.17) is 9.47 Å². The quantitative estimate of drug-likeness (QED) is 0.642. The van der Waals surface area contributed by atoms with Crippen LogP contribution in [0.25, 0.3) is 0 Å². The number of hydrogen-bond acceptors (Lipinski definition) is 7. The lowest BCUT2D eigenvalue weighted by atomic mass is 10.2. The zero-order valence-electron chi connectivity index (χ0n) is 12.0. The number of methoxy groups -OCH3 is 1. The minimum Gasteiger partial charge on any atom is -0.464 e. The SMILES string of the molecule is COC(=O)c1csc(NCCCC2COC(C)(C)O2)n1. The average molecular weight is 300 g/mol. The van der Waals surface area contributed by atoms with E-state index >= 15 is 0 Å². The number of ether oxygens (including phenoxy) is 3. The van der Waals surface area contributed by atoms with Gasteiger partial charge in [-0.2, -0.15) is 0 Å². The van der Waals surface area contributed by atoms with Crippen LogP contribution < -0.4 is 5.32 Å². The molecule has 0 aliphatic carbocycles. The van der Waals surface area contributed by atoms with E-state index in [9.17, 15) is 4.79 Å². The Bertz CT molecular complexity index is 461. The highest BCUT2D eigenvalue weighted by Gasteiger charge is 2.31. The maximum absolute atomic E-state index is 11.3. The minimum absolute atomic E-state index is 0.161. The fraction of sp³-hybridized carbons (Fsp3) is 0.692. The molecule has 2 rings (SSSR count). The highest BCUT2D eigenvalue weighted by atomic mass is 32.1. The van der Waals surface area contributed by atoms with Crippen LogP contribution in [0.5, 0.6) is 0 Å². The van der Waals surface area contributed by atoms with Crippen molar-refractivity contribution < 1.29 is 19.0 Å². The Balaban J connectivity index is 1.66. The van der Waals surface area contributed by atoms with Crippen LogP contribution in [0.15, 0.2) is 5.38 Å². The van der Waals surface area contributed by atoms with Gasteiger partial charge >= 0.3 is 5.97 Å². The van der Waals surface area contributed by atoms with Gasteiger partial charge in [-0.05, 0) is 26.7 Å². The number of nitrogens with zero attached hydrogens (tertiary/aromatic N) is 1. The maximum atomic E-state index is 11.3. The monoisotopic (exact) mass is 300 g/mol. The smallest absolute Gasteiger partial charge is 0.357 e. The number of carbonyl (C=O) groups is 1. The second kappa shape index (κ2) is 6.51. The molecule has 0 bridgehead atoms. The minimum atomic E-state index is -0.456. The van der Waals surface area contributed by atoms with Gasteiger partial charge in [0.15, 0.2) is 16.6 Å².